The molecule has 0 saturated carbocycles. The number of carbonyl (C=O) groups is 2. The Kier molecular flexibility index (Phi) is 6.73. The Morgan fingerprint density at radius 2 is 1.89 bits per heavy atom. The van der Waals surface area contributed by atoms with Crippen LogP contribution in [0.3, 0.4) is 0 Å². The fraction of sp³-hybridized carbons (Fsp3) is 0.200. The predicted octanol–water partition coefficient (Wildman–Crippen LogP) is 4.57. The van der Waals surface area contributed by atoms with Crippen LogP contribution < -0.4 is 10.6 Å². The largest absolute Gasteiger partial charge is 0.459 e. The van der Waals surface area contributed by atoms with Gasteiger partial charge in [-0.2, -0.15) is 11.8 Å². The van der Waals surface area contributed by atoms with Gasteiger partial charge in [0.25, 0.3) is 11.8 Å². The van der Waals surface area contributed by atoms with Gasteiger partial charge in [-0.3, -0.25) is 9.59 Å². The molecule has 0 aliphatic carbocycles. The number of anilines is 1. The highest BCUT2D eigenvalue weighted by Crippen LogP contribution is 2.22. The lowest BCUT2D eigenvalue weighted by atomic mass is 10.2. The Hall–Kier alpha value is -2.51. The molecule has 2 aromatic heterocycles. The highest BCUT2D eigenvalue weighted by Gasteiger charge is 2.13. The van der Waals surface area contributed by atoms with Crippen molar-refractivity contribution in [1.29, 1.82) is 0 Å². The maximum atomic E-state index is 12.2. The number of amides is 2. The van der Waals surface area contributed by atoms with Crippen LogP contribution in [0.5, 0.6) is 0 Å². The molecule has 0 aliphatic heterocycles. The van der Waals surface area contributed by atoms with E-state index in [4.69, 9.17) is 4.42 Å². The third kappa shape index (κ3) is 5.74. The minimum atomic E-state index is -0.332. The molecule has 0 unspecified atom stereocenters. The summed E-state index contributed by atoms with van der Waals surface area (Å²) in [6, 6.07) is 15.1. The molecule has 0 bridgehead atoms. The van der Waals surface area contributed by atoms with Crippen LogP contribution in [0.4, 0.5) is 5.00 Å². The maximum Gasteiger partial charge on any atom is 0.291 e. The van der Waals surface area contributed by atoms with E-state index in [0.29, 0.717) is 16.4 Å². The van der Waals surface area contributed by atoms with Crippen LogP contribution in [0.1, 0.15) is 31.4 Å². The average molecular weight is 401 g/mol. The lowest BCUT2D eigenvalue weighted by molar-refractivity contribution is 0.0958. The fourth-order valence-corrected chi connectivity index (χ4v) is 3.94. The van der Waals surface area contributed by atoms with Crippen LogP contribution in [0.15, 0.2) is 59.2 Å². The molecule has 3 rings (SSSR count). The van der Waals surface area contributed by atoms with Crippen LogP contribution in [-0.2, 0) is 5.75 Å². The summed E-state index contributed by atoms with van der Waals surface area (Å²) >= 11 is 3.02. The van der Waals surface area contributed by atoms with Gasteiger partial charge in [0.05, 0.1) is 16.1 Å². The van der Waals surface area contributed by atoms with Crippen LogP contribution in [0.25, 0.3) is 0 Å². The number of hydrogen-bond donors (Lipinski definition) is 2. The van der Waals surface area contributed by atoms with E-state index in [1.807, 2.05) is 0 Å². The number of thiophene rings is 1. The molecule has 2 heterocycles. The zero-order valence-electron chi connectivity index (χ0n) is 14.9. The summed E-state index contributed by atoms with van der Waals surface area (Å²) in [5.74, 6) is 1.54. The van der Waals surface area contributed by atoms with Crippen molar-refractivity contribution in [3.63, 3.8) is 0 Å². The lowest BCUT2D eigenvalue weighted by Crippen LogP contribution is -2.24. The first-order valence-corrected chi connectivity index (χ1v) is 10.4. The zero-order chi connectivity index (χ0) is 19.1. The number of benzene rings is 1. The number of aryl methyl sites for hydroxylation is 1. The summed E-state index contributed by atoms with van der Waals surface area (Å²) in [5, 5.41) is 6.23. The summed E-state index contributed by atoms with van der Waals surface area (Å²) in [6.45, 7) is 2.67. The summed E-state index contributed by atoms with van der Waals surface area (Å²) in [4.78, 5) is 24.7. The molecule has 27 heavy (non-hydrogen) atoms. The molecule has 0 aliphatic rings. The molecular weight excluding hydrogens is 380 g/mol. The third-order valence-corrected chi connectivity index (χ3v) is 5.76. The van der Waals surface area contributed by atoms with Crippen molar-refractivity contribution < 1.29 is 14.0 Å². The van der Waals surface area contributed by atoms with E-state index in [1.165, 1.54) is 28.7 Å². The lowest BCUT2D eigenvalue weighted by Gasteiger charge is -2.04. The second-order valence-corrected chi connectivity index (χ2v) is 8.08. The van der Waals surface area contributed by atoms with Gasteiger partial charge >= 0.3 is 0 Å². The predicted molar refractivity (Wildman–Crippen MR) is 111 cm³/mol. The first-order valence-electron chi connectivity index (χ1n) is 8.48. The molecule has 140 valence electrons. The molecule has 0 spiro atoms. The number of thioether (sulfide) groups is 1. The maximum absolute atomic E-state index is 12.2. The zero-order valence-corrected chi connectivity index (χ0v) is 16.5. The van der Waals surface area contributed by atoms with E-state index in [2.05, 4.69) is 41.8 Å². The molecule has 0 fully saturated rings. The smallest absolute Gasteiger partial charge is 0.291 e. The van der Waals surface area contributed by atoms with E-state index < -0.39 is 0 Å². The molecular formula is C20H20N2O3S2. The van der Waals surface area contributed by atoms with E-state index in [-0.39, 0.29) is 17.6 Å². The quantitative estimate of drug-likeness (QED) is 0.544. The van der Waals surface area contributed by atoms with E-state index in [1.54, 1.807) is 36.0 Å². The van der Waals surface area contributed by atoms with Crippen molar-refractivity contribution in [3.8, 4) is 0 Å². The molecule has 0 atom stereocenters. The Morgan fingerprint density at radius 1 is 1.07 bits per heavy atom. The second kappa shape index (κ2) is 9.43. The first kappa shape index (κ1) is 19.3. The molecule has 0 saturated heterocycles. The first-order chi connectivity index (χ1) is 13.1. The van der Waals surface area contributed by atoms with Crippen molar-refractivity contribution in [2.75, 3.05) is 17.6 Å². The van der Waals surface area contributed by atoms with Gasteiger partial charge in [-0.1, -0.05) is 29.8 Å². The molecule has 5 nitrogen and oxygen atoms in total. The number of hydrogen-bond acceptors (Lipinski definition) is 5. The minimum absolute atomic E-state index is 0.130. The molecule has 2 amide bonds. The Balaban J connectivity index is 1.39. The van der Waals surface area contributed by atoms with E-state index in [0.717, 1.165) is 11.5 Å². The Morgan fingerprint density at radius 3 is 2.63 bits per heavy atom. The summed E-state index contributed by atoms with van der Waals surface area (Å²) in [7, 11) is 0. The van der Waals surface area contributed by atoms with Crippen LogP contribution in [-0.4, -0.2) is 24.1 Å². The normalized spacial score (nSPS) is 10.6. The SMILES string of the molecule is Cc1ccc(CSCCNC(=O)c2ccc(NC(=O)c3ccco3)s2)cc1. The van der Waals surface area contributed by atoms with Gasteiger partial charge in [-0.25, -0.2) is 0 Å². The molecule has 3 aromatic rings. The molecule has 0 radical (unpaired) electrons. The van der Waals surface area contributed by atoms with E-state index >= 15 is 0 Å². The topological polar surface area (TPSA) is 71.3 Å². The highest BCUT2D eigenvalue weighted by atomic mass is 32.2. The number of nitrogens with one attached hydrogen (secondary N) is 2. The van der Waals surface area contributed by atoms with Crippen molar-refractivity contribution in [2.24, 2.45) is 0 Å². The molecule has 7 heteroatoms. The Labute approximate surface area is 166 Å². The van der Waals surface area contributed by atoms with Gasteiger partial charge in [-0.15, -0.1) is 11.3 Å². The van der Waals surface area contributed by atoms with Gasteiger partial charge in [0.2, 0.25) is 0 Å². The summed E-state index contributed by atoms with van der Waals surface area (Å²) < 4.78 is 5.05. The highest BCUT2D eigenvalue weighted by molar-refractivity contribution is 7.98. The van der Waals surface area contributed by atoms with Gasteiger partial charge in [-0.05, 0) is 36.8 Å². The van der Waals surface area contributed by atoms with Gasteiger partial charge in [0.15, 0.2) is 5.76 Å². The number of carbonyl (C=O) groups excluding carboxylic acids is 2. The number of rotatable bonds is 8. The van der Waals surface area contributed by atoms with Crippen molar-refractivity contribution in [3.05, 3.63) is 76.6 Å². The van der Waals surface area contributed by atoms with Crippen LogP contribution >= 0.6 is 23.1 Å². The minimum Gasteiger partial charge on any atom is -0.459 e. The number of furan rings is 1. The van der Waals surface area contributed by atoms with Crippen molar-refractivity contribution in [1.82, 2.24) is 5.32 Å². The Bertz CT molecular complexity index is 886. The monoisotopic (exact) mass is 400 g/mol. The average Bonchev–Trinajstić information content (AvgIpc) is 3.35. The second-order valence-electron chi connectivity index (χ2n) is 5.89. The van der Waals surface area contributed by atoms with Crippen molar-refractivity contribution in [2.45, 2.75) is 12.7 Å². The third-order valence-electron chi connectivity index (χ3n) is 3.73. The van der Waals surface area contributed by atoms with E-state index in [9.17, 15) is 9.59 Å². The van der Waals surface area contributed by atoms with Gasteiger partial charge in [0, 0.05) is 18.1 Å². The fourth-order valence-electron chi connectivity index (χ4n) is 2.31. The molecule has 2 N–H and O–H groups in total. The molecule has 1 aromatic carbocycles. The van der Waals surface area contributed by atoms with Crippen LogP contribution in [0.2, 0.25) is 0 Å². The van der Waals surface area contributed by atoms with Gasteiger partial charge in [0.1, 0.15) is 0 Å². The van der Waals surface area contributed by atoms with Crippen LogP contribution in [0, 0.1) is 6.92 Å². The summed E-state index contributed by atoms with van der Waals surface area (Å²) in [6.07, 6.45) is 1.44. The standard InChI is InChI=1S/C20H20N2O3S2/c1-14-4-6-15(7-5-14)13-26-12-10-21-20(24)17-8-9-18(27-17)22-19(23)16-3-2-11-25-16/h2-9,11H,10,12-13H2,1H3,(H,21,24)(H,22,23). The summed E-state index contributed by atoms with van der Waals surface area (Å²) in [5.41, 5.74) is 2.54. The van der Waals surface area contributed by atoms with Gasteiger partial charge < -0.3 is 15.1 Å². The van der Waals surface area contributed by atoms with Crippen molar-refractivity contribution >= 4 is 39.9 Å².